The lowest BCUT2D eigenvalue weighted by Gasteiger charge is -2.22. The Morgan fingerprint density at radius 2 is 0.828 bits per heavy atom. The molecule has 0 aliphatic rings. The van der Waals surface area contributed by atoms with Crippen molar-refractivity contribution in [1.82, 2.24) is 5.32 Å². The third-order valence-electron chi connectivity index (χ3n) is 11.7. The Labute approximate surface area is 361 Å². The van der Waals surface area contributed by atoms with Crippen LogP contribution in [-0.4, -0.2) is 47.4 Å². The molecule has 0 saturated carbocycles. The van der Waals surface area contributed by atoms with Crippen LogP contribution in [0.4, 0.5) is 0 Å². The van der Waals surface area contributed by atoms with Gasteiger partial charge in [-0.15, -0.1) is 0 Å². The second-order valence-corrected chi connectivity index (χ2v) is 17.5. The largest absolute Gasteiger partial charge is 0.466 e. The van der Waals surface area contributed by atoms with E-state index in [4.69, 9.17) is 4.74 Å². The summed E-state index contributed by atoms with van der Waals surface area (Å²) in [5, 5.41) is 23.2. The first kappa shape index (κ1) is 56.3. The SMILES string of the molecule is CCCC/C=C\CCCCCCCC(=O)OCCCCCCCCC/C=C\CCCCCCCC(=O)NC(CO)C(O)CCCCCCCCCCCCCCCC. The molecule has 3 N–H and O–H groups in total. The number of aliphatic hydroxyl groups excluding tert-OH is 2. The zero-order chi connectivity index (χ0) is 42.3. The molecule has 2 atom stereocenters. The van der Waals surface area contributed by atoms with Gasteiger partial charge in [-0.3, -0.25) is 9.59 Å². The van der Waals surface area contributed by atoms with E-state index in [-0.39, 0.29) is 18.5 Å². The molecule has 0 aliphatic carbocycles. The molecule has 0 aromatic carbocycles. The van der Waals surface area contributed by atoms with Crippen LogP contribution < -0.4 is 5.32 Å². The Morgan fingerprint density at radius 1 is 0.466 bits per heavy atom. The minimum atomic E-state index is -0.674. The standard InChI is InChI=1S/C52H99NO5/c1-3-5-7-9-11-13-15-16-21-25-28-32-36-40-44-50(55)49(48-54)53-51(56)45-41-37-33-29-26-22-19-17-18-20-23-27-31-35-39-43-47-58-52(57)46-42-38-34-30-24-14-12-10-8-6-4-2/h10,12,17,19,49-50,54-55H,3-9,11,13-16,18,20-48H2,1-2H3,(H,53,56)/b12-10-,19-17-. The summed E-state index contributed by atoms with van der Waals surface area (Å²) < 4.78 is 5.44. The molecule has 0 aliphatic heterocycles. The summed E-state index contributed by atoms with van der Waals surface area (Å²) in [5.41, 5.74) is 0. The summed E-state index contributed by atoms with van der Waals surface area (Å²) in [7, 11) is 0. The summed E-state index contributed by atoms with van der Waals surface area (Å²) >= 11 is 0. The van der Waals surface area contributed by atoms with Gasteiger partial charge in [-0.05, 0) is 70.6 Å². The molecule has 6 heteroatoms. The number of carbonyl (C=O) groups is 2. The Hall–Kier alpha value is -1.66. The van der Waals surface area contributed by atoms with Crippen molar-refractivity contribution >= 4 is 11.9 Å². The van der Waals surface area contributed by atoms with Gasteiger partial charge in [-0.1, -0.05) is 212 Å². The molecule has 0 heterocycles. The summed E-state index contributed by atoms with van der Waals surface area (Å²) in [4.78, 5) is 24.4. The molecule has 58 heavy (non-hydrogen) atoms. The topological polar surface area (TPSA) is 95.9 Å². The number of esters is 1. The summed E-state index contributed by atoms with van der Waals surface area (Å²) in [6.45, 7) is 4.88. The number of carbonyl (C=O) groups excluding carboxylic acids is 2. The molecule has 0 aromatic rings. The average molecular weight is 818 g/mol. The van der Waals surface area contributed by atoms with Crippen molar-refractivity contribution in [3.63, 3.8) is 0 Å². The van der Waals surface area contributed by atoms with Crippen LogP contribution in [0.3, 0.4) is 0 Å². The Morgan fingerprint density at radius 3 is 1.28 bits per heavy atom. The smallest absolute Gasteiger partial charge is 0.305 e. The number of hydrogen-bond donors (Lipinski definition) is 3. The molecule has 0 rings (SSSR count). The maximum Gasteiger partial charge on any atom is 0.305 e. The van der Waals surface area contributed by atoms with Crippen LogP contribution in [-0.2, 0) is 14.3 Å². The van der Waals surface area contributed by atoms with E-state index in [2.05, 4.69) is 43.5 Å². The first-order chi connectivity index (χ1) is 28.5. The maximum absolute atomic E-state index is 12.4. The van der Waals surface area contributed by atoms with Crippen LogP contribution >= 0.6 is 0 Å². The fourth-order valence-corrected chi connectivity index (χ4v) is 7.73. The molecule has 2 unspecified atom stereocenters. The predicted molar refractivity (Wildman–Crippen MR) is 250 cm³/mol. The van der Waals surface area contributed by atoms with E-state index in [1.54, 1.807) is 0 Å². The number of amides is 1. The normalized spacial score (nSPS) is 12.8. The van der Waals surface area contributed by atoms with Crippen molar-refractivity contribution in [3.8, 4) is 0 Å². The number of hydrogen-bond acceptors (Lipinski definition) is 5. The second-order valence-electron chi connectivity index (χ2n) is 17.5. The molecule has 0 spiro atoms. The second kappa shape index (κ2) is 48.0. The lowest BCUT2D eigenvalue weighted by molar-refractivity contribution is -0.143. The number of unbranched alkanes of at least 4 members (excludes halogenated alkanes) is 32. The molecule has 342 valence electrons. The van der Waals surface area contributed by atoms with Crippen molar-refractivity contribution in [3.05, 3.63) is 24.3 Å². The number of ether oxygens (including phenoxy) is 1. The van der Waals surface area contributed by atoms with Crippen molar-refractivity contribution in [2.75, 3.05) is 13.2 Å². The van der Waals surface area contributed by atoms with Crippen LogP contribution in [0.2, 0.25) is 0 Å². The van der Waals surface area contributed by atoms with Gasteiger partial charge < -0.3 is 20.3 Å². The molecule has 6 nitrogen and oxygen atoms in total. The van der Waals surface area contributed by atoms with E-state index >= 15 is 0 Å². The zero-order valence-corrected chi connectivity index (χ0v) is 38.8. The van der Waals surface area contributed by atoms with Gasteiger partial charge >= 0.3 is 5.97 Å². The number of aliphatic hydroxyl groups is 2. The third-order valence-corrected chi connectivity index (χ3v) is 11.7. The first-order valence-electron chi connectivity index (χ1n) is 25.6. The third kappa shape index (κ3) is 43.9. The van der Waals surface area contributed by atoms with Gasteiger partial charge in [-0.2, -0.15) is 0 Å². The minimum Gasteiger partial charge on any atom is -0.466 e. The highest BCUT2D eigenvalue weighted by atomic mass is 16.5. The summed E-state index contributed by atoms with van der Waals surface area (Å²) in [6.07, 6.45) is 55.7. The maximum atomic E-state index is 12.4. The van der Waals surface area contributed by atoms with E-state index in [0.29, 0.717) is 25.9 Å². The van der Waals surface area contributed by atoms with Gasteiger partial charge in [0.05, 0.1) is 25.4 Å². The van der Waals surface area contributed by atoms with Crippen molar-refractivity contribution < 1.29 is 24.5 Å². The summed E-state index contributed by atoms with van der Waals surface area (Å²) in [5.74, 6) is -0.0666. The van der Waals surface area contributed by atoms with E-state index in [1.165, 1.54) is 173 Å². The van der Waals surface area contributed by atoms with E-state index < -0.39 is 12.1 Å². The number of nitrogens with one attached hydrogen (secondary N) is 1. The average Bonchev–Trinajstić information content (AvgIpc) is 3.22. The molecular formula is C52H99NO5. The lowest BCUT2D eigenvalue weighted by Crippen LogP contribution is -2.45. The van der Waals surface area contributed by atoms with Gasteiger partial charge in [0.15, 0.2) is 0 Å². The van der Waals surface area contributed by atoms with Gasteiger partial charge in [0.25, 0.3) is 0 Å². The number of allylic oxidation sites excluding steroid dienone is 4. The monoisotopic (exact) mass is 818 g/mol. The van der Waals surface area contributed by atoms with E-state index in [0.717, 1.165) is 64.2 Å². The fourth-order valence-electron chi connectivity index (χ4n) is 7.73. The first-order valence-corrected chi connectivity index (χ1v) is 25.6. The molecule has 0 radical (unpaired) electrons. The van der Waals surface area contributed by atoms with Crippen molar-refractivity contribution in [2.24, 2.45) is 0 Å². The van der Waals surface area contributed by atoms with Gasteiger partial charge in [0.1, 0.15) is 0 Å². The summed E-state index contributed by atoms with van der Waals surface area (Å²) in [6, 6.07) is -0.553. The van der Waals surface area contributed by atoms with Crippen LogP contribution in [0.15, 0.2) is 24.3 Å². The lowest BCUT2D eigenvalue weighted by atomic mass is 10.0. The molecule has 0 saturated heterocycles. The van der Waals surface area contributed by atoms with Crippen molar-refractivity contribution in [1.29, 1.82) is 0 Å². The minimum absolute atomic E-state index is 0.0142. The Balaban J connectivity index is 3.48. The Bertz CT molecular complexity index is 904. The molecule has 0 aromatic heterocycles. The molecular weight excluding hydrogens is 719 g/mol. The molecule has 1 amide bonds. The highest BCUT2D eigenvalue weighted by Gasteiger charge is 2.20. The van der Waals surface area contributed by atoms with Crippen LogP contribution in [0.5, 0.6) is 0 Å². The molecule has 0 fully saturated rings. The number of rotatable bonds is 47. The zero-order valence-electron chi connectivity index (χ0n) is 38.8. The van der Waals surface area contributed by atoms with Crippen LogP contribution in [0, 0.1) is 0 Å². The Kier molecular flexibility index (Phi) is 46.6. The van der Waals surface area contributed by atoms with E-state index in [9.17, 15) is 19.8 Å². The quantitative estimate of drug-likeness (QED) is 0.0323. The van der Waals surface area contributed by atoms with Crippen molar-refractivity contribution in [2.45, 2.75) is 283 Å². The van der Waals surface area contributed by atoms with Crippen LogP contribution in [0.1, 0.15) is 271 Å². The van der Waals surface area contributed by atoms with Crippen LogP contribution in [0.25, 0.3) is 0 Å². The van der Waals surface area contributed by atoms with E-state index in [1.807, 2.05) is 0 Å². The van der Waals surface area contributed by atoms with Gasteiger partial charge in [-0.25, -0.2) is 0 Å². The highest BCUT2D eigenvalue weighted by molar-refractivity contribution is 5.76. The fraction of sp³-hybridized carbons (Fsp3) is 0.885. The molecule has 0 bridgehead atoms. The highest BCUT2D eigenvalue weighted by Crippen LogP contribution is 2.16. The van der Waals surface area contributed by atoms with Gasteiger partial charge in [0, 0.05) is 12.8 Å². The predicted octanol–water partition coefficient (Wildman–Crippen LogP) is 15.1. The van der Waals surface area contributed by atoms with Gasteiger partial charge in [0.2, 0.25) is 5.91 Å².